The lowest BCUT2D eigenvalue weighted by molar-refractivity contribution is 0.654. The maximum atomic E-state index is 4.44. The Morgan fingerprint density at radius 3 is 2.53 bits per heavy atom. The van der Waals surface area contributed by atoms with Crippen LogP contribution in [0.15, 0.2) is 30.5 Å². The molecule has 0 bridgehead atoms. The van der Waals surface area contributed by atoms with E-state index in [1.54, 1.807) is 0 Å². The van der Waals surface area contributed by atoms with E-state index in [4.69, 9.17) is 0 Å². The molecule has 2 nitrogen and oxygen atoms in total. The second-order valence-electron chi connectivity index (χ2n) is 3.85. The number of aryl methyl sites for hydroxylation is 1. The first-order valence-electron chi connectivity index (χ1n) is 5.25. The van der Waals surface area contributed by atoms with Crippen molar-refractivity contribution in [3.8, 4) is 0 Å². The van der Waals surface area contributed by atoms with Crippen LogP contribution in [0.25, 0.3) is 10.8 Å². The number of nitrogens with one attached hydrogen (secondary N) is 1. The highest BCUT2D eigenvalue weighted by atomic mass is 14.9. The van der Waals surface area contributed by atoms with Crippen LogP contribution in [0.1, 0.15) is 24.2 Å². The molecule has 1 atom stereocenters. The molecule has 0 aliphatic heterocycles. The molecule has 2 rings (SSSR count). The summed E-state index contributed by atoms with van der Waals surface area (Å²) in [5.74, 6) is 0. The van der Waals surface area contributed by atoms with Gasteiger partial charge in [-0.05, 0) is 31.8 Å². The number of pyridine rings is 1. The topological polar surface area (TPSA) is 24.9 Å². The zero-order chi connectivity index (χ0) is 10.8. The fourth-order valence-corrected chi connectivity index (χ4v) is 1.86. The monoisotopic (exact) mass is 200 g/mol. The summed E-state index contributed by atoms with van der Waals surface area (Å²) in [6.07, 6.45) is 1.97. The number of benzene rings is 1. The number of nitrogens with zero attached hydrogens (tertiary/aromatic N) is 1. The quantitative estimate of drug-likeness (QED) is 0.806. The SMILES string of the molecule is CNC(C)c1cnc(C)c2ccccc12. The third kappa shape index (κ3) is 1.73. The minimum atomic E-state index is 0.336. The zero-order valence-corrected chi connectivity index (χ0v) is 9.41. The molecular formula is C13H16N2. The molecule has 0 amide bonds. The van der Waals surface area contributed by atoms with E-state index in [-0.39, 0.29) is 0 Å². The minimum absolute atomic E-state index is 0.336. The van der Waals surface area contributed by atoms with Crippen LogP contribution < -0.4 is 5.32 Å². The third-order valence-corrected chi connectivity index (χ3v) is 2.92. The van der Waals surface area contributed by atoms with Gasteiger partial charge >= 0.3 is 0 Å². The number of aromatic nitrogens is 1. The summed E-state index contributed by atoms with van der Waals surface area (Å²) in [7, 11) is 1.97. The molecule has 0 saturated heterocycles. The maximum absolute atomic E-state index is 4.44. The van der Waals surface area contributed by atoms with E-state index in [1.807, 2.05) is 13.2 Å². The van der Waals surface area contributed by atoms with Crippen LogP contribution in [-0.4, -0.2) is 12.0 Å². The summed E-state index contributed by atoms with van der Waals surface area (Å²) in [6, 6.07) is 8.76. The van der Waals surface area contributed by atoms with Crippen LogP contribution in [-0.2, 0) is 0 Å². The Kier molecular flexibility index (Phi) is 2.69. The normalized spacial score (nSPS) is 13.0. The summed E-state index contributed by atoms with van der Waals surface area (Å²) >= 11 is 0. The van der Waals surface area contributed by atoms with Crippen LogP contribution >= 0.6 is 0 Å². The van der Waals surface area contributed by atoms with Crippen molar-refractivity contribution < 1.29 is 0 Å². The third-order valence-electron chi connectivity index (χ3n) is 2.92. The highest BCUT2D eigenvalue weighted by molar-refractivity contribution is 5.87. The molecule has 0 aliphatic rings. The summed E-state index contributed by atoms with van der Waals surface area (Å²) in [6.45, 7) is 4.20. The number of rotatable bonds is 2. The van der Waals surface area contributed by atoms with Crippen molar-refractivity contribution >= 4 is 10.8 Å². The first-order valence-corrected chi connectivity index (χ1v) is 5.25. The van der Waals surface area contributed by atoms with E-state index in [1.165, 1.54) is 16.3 Å². The average molecular weight is 200 g/mol. The molecule has 1 N–H and O–H groups in total. The van der Waals surface area contributed by atoms with Crippen molar-refractivity contribution in [2.75, 3.05) is 7.05 Å². The predicted molar refractivity (Wildman–Crippen MR) is 64.0 cm³/mol. The summed E-state index contributed by atoms with van der Waals surface area (Å²) < 4.78 is 0. The molecule has 0 radical (unpaired) electrons. The summed E-state index contributed by atoms with van der Waals surface area (Å²) in [5.41, 5.74) is 2.36. The van der Waals surface area contributed by atoms with Gasteiger partial charge in [0.1, 0.15) is 0 Å². The molecule has 0 saturated carbocycles. The van der Waals surface area contributed by atoms with Crippen molar-refractivity contribution in [3.63, 3.8) is 0 Å². The van der Waals surface area contributed by atoms with Gasteiger partial charge in [-0.2, -0.15) is 0 Å². The molecule has 0 spiro atoms. The minimum Gasteiger partial charge on any atom is -0.313 e. The van der Waals surface area contributed by atoms with Crippen LogP contribution in [0.5, 0.6) is 0 Å². The van der Waals surface area contributed by atoms with Gasteiger partial charge in [-0.15, -0.1) is 0 Å². The van der Waals surface area contributed by atoms with Crippen LogP contribution in [0.3, 0.4) is 0 Å². The summed E-state index contributed by atoms with van der Waals surface area (Å²) in [5, 5.41) is 5.80. The first kappa shape index (κ1) is 10.1. The maximum Gasteiger partial charge on any atom is 0.0451 e. The molecule has 0 fully saturated rings. The molecule has 1 aromatic carbocycles. The van der Waals surface area contributed by atoms with E-state index < -0.39 is 0 Å². The van der Waals surface area contributed by atoms with Gasteiger partial charge in [-0.3, -0.25) is 4.98 Å². The zero-order valence-electron chi connectivity index (χ0n) is 9.41. The molecule has 78 valence electrons. The molecular weight excluding hydrogens is 184 g/mol. The van der Waals surface area contributed by atoms with Gasteiger partial charge in [-0.1, -0.05) is 24.3 Å². The molecule has 1 unspecified atom stereocenters. The van der Waals surface area contributed by atoms with Gasteiger partial charge in [0, 0.05) is 23.3 Å². The van der Waals surface area contributed by atoms with E-state index >= 15 is 0 Å². The molecule has 15 heavy (non-hydrogen) atoms. The van der Waals surface area contributed by atoms with Gasteiger partial charge in [0.2, 0.25) is 0 Å². The lowest BCUT2D eigenvalue weighted by atomic mass is 10.0. The fourth-order valence-electron chi connectivity index (χ4n) is 1.86. The van der Waals surface area contributed by atoms with Crippen LogP contribution in [0.4, 0.5) is 0 Å². The standard InChI is InChI=1S/C13H16N2/c1-9(14-3)13-8-15-10(2)11-6-4-5-7-12(11)13/h4-9,14H,1-3H3. The molecule has 1 heterocycles. The lowest BCUT2D eigenvalue weighted by Gasteiger charge is -2.14. The molecule has 2 aromatic rings. The molecule has 1 aromatic heterocycles. The molecule has 2 heteroatoms. The van der Waals surface area contributed by atoms with Crippen molar-refractivity contribution in [1.82, 2.24) is 10.3 Å². The Morgan fingerprint density at radius 1 is 1.20 bits per heavy atom. The van der Waals surface area contributed by atoms with E-state index in [9.17, 15) is 0 Å². The Balaban J connectivity index is 2.71. The van der Waals surface area contributed by atoms with Gasteiger partial charge < -0.3 is 5.32 Å². The average Bonchev–Trinajstić information content (AvgIpc) is 2.29. The second kappa shape index (κ2) is 3.99. The Hall–Kier alpha value is -1.41. The van der Waals surface area contributed by atoms with Gasteiger partial charge in [0.15, 0.2) is 0 Å². The van der Waals surface area contributed by atoms with Gasteiger partial charge in [-0.25, -0.2) is 0 Å². The van der Waals surface area contributed by atoms with Crippen molar-refractivity contribution in [3.05, 3.63) is 41.7 Å². The second-order valence-corrected chi connectivity index (χ2v) is 3.85. The van der Waals surface area contributed by atoms with Crippen LogP contribution in [0.2, 0.25) is 0 Å². The Labute approximate surface area is 90.3 Å². The van der Waals surface area contributed by atoms with Crippen molar-refractivity contribution in [2.24, 2.45) is 0 Å². The van der Waals surface area contributed by atoms with E-state index in [2.05, 4.69) is 48.4 Å². The predicted octanol–water partition coefficient (Wildman–Crippen LogP) is 2.82. The highest BCUT2D eigenvalue weighted by Gasteiger charge is 2.08. The summed E-state index contributed by atoms with van der Waals surface area (Å²) in [4.78, 5) is 4.44. The van der Waals surface area contributed by atoms with Gasteiger partial charge in [0.25, 0.3) is 0 Å². The Bertz CT molecular complexity index is 477. The van der Waals surface area contributed by atoms with Gasteiger partial charge in [0.05, 0.1) is 0 Å². The fraction of sp³-hybridized carbons (Fsp3) is 0.308. The van der Waals surface area contributed by atoms with Crippen molar-refractivity contribution in [1.29, 1.82) is 0 Å². The smallest absolute Gasteiger partial charge is 0.0451 e. The number of hydrogen-bond donors (Lipinski definition) is 1. The van der Waals surface area contributed by atoms with Crippen molar-refractivity contribution in [2.45, 2.75) is 19.9 Å². The van der Waals surface area contributed by atoms with Crippen LogP contribution in [0, 0.1) is 6.92 Å². The Morgan fingerprint density at radius 2 is 1.87 bits per heavy atom. The number of fused-ring (bicyclic) bond motifs is 1. The highest BCUT2D eigenvalue weighted by Crippen LogP contribution is 2.24. The molecule has 0 aliphatic carbocycles. The van der Waals surface area contributed by atoms with E-state index in [0.717, 1.165) is 5.69 Å². The first-order chi connectivity index (χ1) is 7.24. The lowest BCUT2D eigenvalue weighted by Crippen LogP contribution is -2.13. The largest absolute Gasteiger partial charge is 0.313 e. The van der Waals surface area contributed by atoms with E-state index in [0.29, 0.717) is 6.04 Å². The number of hydrogen-bond acceptors (Lipinski definition) is 2.